The Kier molecular flexibility index (Phi) is 4.42. The second kappa shape index (κ2) is 5.26. The maximum atomic E-state index is 12.7. The molecule has 0 saturated carbocycles. The first-order valence-corrected chi connectivity index (χ1v) is 5.77. The number of nitrogens with two attached hydrogens (primary N) is 1. The Morgan fingerprint density at radius 2 is 1.94 bits per heavy atom. The molecule has 1 rings (SSSR count). The Hall–Kier alpha value is -0.760. The lowest BCUT2D eigenvalue weighted by Gasteiger charge is -2.15. The van der Waals surface area contributed by atoms with E-state index in [9.17, 15) is 18.0 Å². The molecule has 2 N–H and O–H groups in total. The van der Waals surface area contributed by atoms with E-state index in [4.69, 9.17) is 10.5 Å². The molecular formula is C9H6Br2F3NO2. The molecular weight excluding hydrogens is 371 g/mol. The van der Waals surface area contributed by atoms with Crippen molar-refractivity contribution in [1.29, 1.82) is 0 Å². The highest BCUT2D eigenvalue weighted by atomic mass is 79.9. The average Bonchev–Trinajstić information content (AvgIpc) is 2.13. The quantitative estimate of drug-likeness (QED) is 0.881. The van der Waals surface area contributed by atoms with Gasteiger partial charge in [0.25, 0.3) is 5.91 Å². The molecule has 0 spiro atoms. The van der Waals surface area contributed by atoms with Gasteiger partial charge in [-0.25, -0.2) is 0 Å². The van der Waals surface area contributed by atoms with Crippen molar-refractivity contribution in [2.45, 2.75) is 6.18 Å². The summed E-state index contributed by atoms with van der Waals surface area (Å²) in [7, 11) is 0. The second-order valence-electron chi connectivity index (χ2n) is 3.02. The van der Waals surface area contributed by atoms with Gasteiger partial charge in [-0.2, -0.15) is 13.2 Å². The number of ether oxygens (including phenoxy) is 1. The summed E-state index contributed by atoms with van der Waals surface area (Å²) in [6, 6.07) is 2.24. The minimum atomic E-state index is -4.58. The Balaban J connectivity index is 3.21. The van der Waals surface area contributed by atoms with Crippen LogP contribution >= 0.6 is 31.9 Å². The molecule has 0 aliphatic carbocycles. The van der Waals surface area contributed by atoms with Crippen LogP contribution < -0.4 is 10.5 Å². The van der Waals surface area contributed by atoms with Gasteiger partial charge in [0, 0.05) is 4.47 Å². The van der Waals surface area contributed by atoms with Crippen molar-refractivity contribution in [1.82, 2.24) is 0 Å². The first-order valence-electron chi connectivity index (χ1n) is 4.19. The summed E-state index contributed by atoms with van der Waals surface area (Å²) in [5.74, 6) is -1.31. The normalized spacial score (nSPS) is 11.4. The molecule has 94 valence electrons. The first-order chi connectivity index (χ1) is 7.71. The summed E-state index contributed by atoms with van der Waals surface area (Å²) in [5.41, 5.74) is 3.82. The number of carbonyl (C=O) groups is 1. The van der Waals surface area contributed by atoms with Gasteiger partial charge in [0.1, 0.15) is 5.75 Å². The summed E-state index contributed by atoms with van der Waals surface area (Å²) in [4.78, 5) is 10.5. The molecule has 1 aromatic rings. The third-order valence-electron chi connectivity index (χ3n) is 1.67. The van der Waals surface area contributed by atoms with Crippen molar-refractivity contribution in [2.75, 3.05) is 6.61 Å². The maximum absolute atomic E-state index is 12.7. The van der Waals surface area contributed by atoms with Crippen LogP contribution in [-0.2, 0) is 11.0 Å². The van der Waals surface area contributed by atoms with Gasteiger partial charge in [-0.3, -0.25) is 4.79 Å². The number of amides is 1. The molecule has 0 bridgehead atoms. The van der Waals surface area contributed by atoms with Gasteiger partial charge in [0.2, 0.25) is 0 Å². The third-order valence-corrected chi connectivity index (χ3v) is 2.72. The highest BCUT2D eigenvalue weighted by Crippen LogP contribution is 2.42. The highest BCUT2D eigenvalue weighted by molar-refractivity contribution is 9.11. The number of primary amides is 1. The van der Waals surface area contributed by atoms with E-state index in [1.165, 1.54) is 6.07 Å². The zero-order valence-electron chi connectivity index (χ0n) is 8.15. The minimum Gasteiger partial charge on any atom is -0.482 e. The number of halogens is 5. The molecule has 8 heteroatoms. The number of hydrogen-bond acceptors (Lipinski definition) is 2. The van der Waals surface area contributed by atoms with E-state index in [-0.39, 0.29) is 8.95 Å². The van der Waals surface area contributed by atoms with Crippen LogP contribution in [0.15, 0.2) is 21.1 Å². The summed E-state index contributed by atoms with van der Waals surface area (Å²) in [6.45, 7) is -0.622. The summed E-state index contributed by atoms with van der Waals surface area (Å²) in [5, 5.41) is 0. The fraction of sp³-hybridized carbons (Fsp3) is 0.222. The van der Waals surface area contributed by atoms with Gasteiger partial charge in [0.05, 0.1) is 10.0 Å². The molecule has 0 atom stereocenters. The van der Waals surface area contributed by atoms with Crippen LogP contribution in [0.1, 0.15) is 5.56 Å². The number of benzene rings is 1. The molecule has 0 heterocycles. The SMILES string of the molecule is NC(=O)COc1c(Br)cc(Br)cc1C(F)(F)F. The third kappa shape index (κ3) is 3.88. The number of carbonyl (C=O) groups excluding carboxylic acids is 1. The fourth-order valence-electron chi connectivity index (χ4n) is 1.06. The highest BCUT2D eigenvalue weighted by Gasteiger charge is 2.36. The molecule has 0 fully saturated rings. The van der Waals surface area contributed by atoms with Crippen LogP contribution in [-0.4, -0.2) is 12.5 Å². The molecule has 17 heavy (non-hydrogen) atoms. The lowest BCUT2D eigenvalue weighted by Crippen LogP contribution is -2.21. The van der Waals surface area contributed by atoms with Crippen LogP contribution in [0.4, 0.5) is 13.2 Å². The van der Waals surface area contributed by atoms with Crippen molar-refractivity contribution >= 4 is 37.8 Å². The smallest absolute Gasteiger partial charge is 0.420 e. The van der Waals surface area contributed by atoms with Crippen molar-refractivity contribution in [2.24, 2.45) is 5.73 Å². The second-order valence-corrected chi connectivity index (χ2v) is 4.79. The van der Waals surface area contributed by atoms with E-state index in [0.717, 1.165) is 6.07 Å². The Labute approximate surface area is 111 Å². The molecule has 1 aromatic carbocycles. The summed E-state index contributed by atoms with van der Waals surface area (Å²) < 4.78 is 43.2. The van der Waals surface area contributed by atoms with E-state index in [2.05, 4.69) is 31.9 Å². The molecule has 0 saturated heterocycles. The summed E-state index contributed by atoms with van der Waals surface area (Å²) in [6.07, 6.45) is -4.58. The lowest BCUT2D eigenvalue weighted by molar-refractivity contribution is -0.139. The van der Waals surface area contributed by atoms with Crippen LogP contribution in [0.25, 0.3) is 0 Å². The van der Waals surface area contributed by atoms with Gasteiger partial charge in [-0.05, 0) is 28.1 Å². The van der Waals surface area contributed by atoms with E-state index >= 15 is 0 Å². The van der Waals surface area contributed by atoms with E-state index in [1.807, 2.05) is 0 Å². The van der Waals surface area contributed by atoms with Gasteiger partial charge in [-0.1, -0.05) is 15.9 Å². The first kappa shape index (κ1) is 14.3. The summed E-state index contributed by atoms with van der Waals surface area (Å²) >= 11 is 5.88. The number of hydrogen-bond donors (Lipinski definition) is 1. The minimum absolute atomic E-state index is 0.0837. The van der Waals surface area contributed by atoms with Crippen LogP contribution in [0.2, 0.25) is 0 Å². The molecule has 0 aliphatic heterocycles. The van der Waals surface area contributed by atoms with Crippen molar-refractivity contribution in [3.05, 3.63) is 26.6 Å². The lowest BCUT2D eigenvalue weighted by atomic mass is 10.2. The zero-order chi connectivity index (χ0) is 13.2. The topological polar surface area (TPSA) is 52.3 Å². The molecule has 0 radical (unpaired) electrons. The Morgan fingerprint density at radius 1 is 1.35 bits per heavy atom. The number of alkyl halides is 3. The maximum Gasteiger partial charge on any atom is 0.420 e. The van der Waals surface area contributed by atoms with Gasteiger partial charge in [0.15, 0.2) is 6.61 Å². The predicted molar refractivity (Wildman–Crippen MR) is 61.5 cm³/mol. The zero-order valence-corrected chi connectivity index (χ0v) is 11.3. The van der Waals surface area contributed by atoms with E-state index in [1.54, 1.807) is 0 Å². The standard InChI is InChI=1S/C9H6Br2F3NO2/c10-4-1-5(9(12,13)14)8(6(11)2-4)17-3-7(15)16/h1-2H,3H2,(H2,15,16). The van der Waals surface area contributed by atoms with Crippen molar-refractivity contribution < 1.29 is 22.7 Å². The van der Waals surface area contributed by atoms with E-state index < -0.39 is 30.0 Å². The largest absolute Gasteiger partial charge is 0.482 e. The molecule has 1 amide bonds. The van der Waals surface area contributed by atoms with Crippen molar-refractivity contribution in [3.8, 4) is 5.75 Å². The molecule has 0 aromatic heterocycles. The fourth-order valence-corrected chi connectivity index (χ4v) is 2.40. The van der Waals surface area contributed by atoms with Crippen LogP contribution in [0, 0.1) is 0 Å². The molecule has 0 aliphatic rings. The predicted octanol–water partition coefficient (Wildman–Crippen LogP) is 3.09. The van der Waals surface area contributed by atoms with E-state index in [0.29, 0.717) is 0 Å². The van der Waals surface area contributed by atoms with Crippen LogP contribution in [0.3, 0.4) is 0 Å². The molecule has 0 unspecified atom stereocenters. The van der Waals surface area contributed by atoms with Gasteiger partial charge < -0.3 is 10.5 Å². The Bertz CT molecular complexity index is 449. The van der Waals surface area contributed by atoms with Crippen molar-refractivity contribution in [3.63, 3.8) is 0 Å². The number of rotatable bonds is 3. The average molecular weight is 377 g/mol. The Morgan fingerprint density at radius 3 is 2.41 bits per heavy atom. The van der Waals surface area contributed by atoms with Gasteiger partial charge >= 0.3 is 6.18 Å². The monoisotopic (exact) mass is 375 g/mol. The van der Waals surface area contributed by atoms with Gasteiger partial charge in [-0.15, -0.1) is 0 Å². The van der Waals surface area contributed by atoms with Crippen LogP contribution in [0.5, 0.6) is 5.75 Å². The molecule has 3 nitrogen and oxygen atoms in total.